The van der Waals surface area contributed by atoms with Crippen molar-refractivity contribution in [1.82, 2.24) is 0 Å². The van der Waals surface area contributed by atoms with E-state index in [1.807, 2.05) is 6.92 Å². The number of hydrogen-bond donors (Lipinski definition) is 0. The molecule has 0 aliphatic rings. The Hall–Kier alpha value is -0.850. The standard InChI is InChI=1S/C15H23IO4/c1-10-11(8-6-7-9-16)13(18-3)15(20-5)14(19-4)12(10)17-2/h6-9H2,1-5H3. The van der Waals surface area contributed by atoms with Crippen LogP contribution in [0.5, 0.6) is 23.0 Å². The summed E-state index contributed by atoms with van der Waals surface area (Å²) in [5, 5.41) is 0. The van der Waals surface area contributed by atoms with Gasteiger partial charge < -0.3 is 18.9 Å². The van der Waals surface area contributed by atoms with E-state index in [9.17, 15) is 0 Å². The molecule has 0 unspecified atom stereocenters. The van der Waals surface area contributed by atoms with E-state index in [2.05, 4.69) is 22.6 Å². The van der Waals surface area contributed by atoms with E-state index >= 15 is 0 Å². The number of rotatable bonds is 8. The zero-order valence-corrected chi connectivity index (χ0v) is 15.0. The second-order valence-corrected chi connectivity index (χ2v) is 5.46. The van der Waals surface area contributed by atoms with Crippen molar-refractivity contribution in [3.05, 3.63) is 11.1 Å². The third-order valence-electron chi connectivity index (χ3n) is 3.31. The molecule has 1 aromatic rings. The van der Waals surface area contributed by atoms with Crippen LogP contribution in [-0.2, 0) is 6.42 Å². The predicted octanol–water partition coefficient (Wildman–Crippen LogP) is 3.79. The summed E-state index contributed by atoms with van der Waals surface area (Å²) in [5.41, 5.74) is 2.18. The Morgan fingerprint density at radius 3 is 1.70 bits per heavy atom. The average molecular weight is 394 g/mol. The quantitative estimate of drug-likeness (QED) is 0.382. The largest absolute Gasteiger partial charge is 0.492 e. The predicted molar refractivity (Wildman–Crippen MR) is 89.2 cm³/mol. The van der Waals surface area contributed by atoms with Crippen LogP contribution in [0.15, 0.2) is 0 Å². The summed E-state index contributed by atoms with van der Waals surface area (Å²) in [6.45, 7) is 2.03. The van der Waals surface area contributed by atoms with Gasteiger partial charge in [0.1, 0.15) is 0 Å². The first-order valence-corrected chi connectivity index (χ1v) is 8.10. The molecule has 0 atom stereocenters. The molecule has 1 aromatic carbocycles. The van der Waals surface area contributed by atoms with E-state index < -0.39 is 0 Å². The van der Waals surface area contributed by atoms with Crippen LogP contribution in [0.3, 0.4) is 0 Å². The van der Waals surface area contributed by atoms with Crippen molar-refractivity contribution in [2.24, 2.45) is 0 Å². The Morgan fingerprint density at radius 2 is 1.25 bits per heavy atom. The maximum Gasteiger partial charge on any atom is 0.207 e. The highest BCUT2D eigenvalue weighted by Gasteiger charge is 2.24. The average Bonchev–Trinajstić information content (AvgIpc) is 2.47. The summed E-state index contributed by atoms with van der Waals surface area (Å²) in [4.78, 5) is 0. The van der Waals surface area contributed by atoms with Gasteiger partial charge in [-0.15, -0.1) is 0 Å². The van der Waals surface area contributed by atoms with Crippen LogP contribution >= 0.6 is 22.6 Å². The van der Waals surface area contributed by atoms with Gasteiger partial charge >= 0.3 is 0 Å². The summed E-state index contributed by atoms with van der Waals surface area (Å²) in [5.74, 6) is 2.65. The number of benzene rings is 1. The fourth-order valence-electron chi connectivity index (χ4n) is 2.35. The highest BCUT2D eigenvalue weighted by atomic mass is 127. The minimum absolute atomic E-state index is 0.585. The lowest BCUT2D eigenvalue weighted by Gasteiger charge is -2.21. The number of unbranched alkanes of at least 4 members (excludes halogenated alkanes) is 1. The molecule has 0 bridgehead atoms. The second-order valence-electron chi connectivity index (χ2n) is 4.38. The van der Waals surface area contributed by atoms with E-state index in [0.717, 1.165) is 39.9 Å². The minimum Gasteiger partial charge on any atom is -0.492 e. The van der Waals surface area contributed by atoms with Gasteiger partial charge in [0.25, 0.3) is 0 Å². The molecule has 0 spiro atoms. The van der Waals surface area contributed by atoms with Crippen molar-refractivity contribution in [3.8, 4) is 23.0 Å². The number of halogens is 1. The van der Waals surface area contributed by atoms with Crippen LogP contribution in [0.2, 0.25) is 0 Å². The van der Waals surface area contributed by atoms with Crippen molar-refractivity contribution in [3.63, 3.8) is 0 Å². The fraction of sp³-hybridized carbons (Fsp3) is 0.600. The van der Waals surface area contributed by atoms with E-state index in [-0.39, 0.29) is 0 Å². The molecule has 0 aliphatic heterocycles. The van der Waals surface area contributed by atoms with Crippen LogP contribution in [-0.4, -0.2) is 32.9 Å². The molecular weight excluding hydrogens is 371 g/mol. The summed E-state index contributed by atoms with van der Waals surface area (Å²) in [7, 11) is 6.52. The molecule has 0 saturated carbocycles. The van der Waals surface area contributed by atoms with Crippen LogP contribution in [0.25, 0.3) is 0 Å². The van der Waals surface area contributed by atoms with Crippen LogP contribution < -0.4 is 18.9 Å². The minimum atomic E-state index is 0.585. The van der Waals surface area contributed by atoms with Crippen LogP contribution in [0.1, 0.15) is 24.0 Å². The number of alkyl halides is 1. The lowest BCUT2D eigenvalue weighted by molar-refractivity contribution is 0.302. The van der Waals surface area contributed by atoms with Gasteiger partial charge in [-0.25, -0.2) is 0 Å². The van der Waals surface area contributed by atoms with Gasteiger partial charge in [-0.3, -0.25) is 0 Å². The third-order valence-corrected chi connectivity index (χ3v) is 4.08. The summed E-state index contributed by atoms with van der Waals surface area (Å²) >= 11 is 2.40. The van der Waals surface area contributed by atoms with E-state index in [1.54, 1.807) is 28.4 Å². The summed E-state index contributed by atoms with van der Waals surface area (Å²) < 4.78 is 23.1. The summed E-state index contributed by atoms with van der Waals surface area (Å²) in [6.07, 6.45) is 3.23. The Bertz CT molecular complexity index is 446. The topological polar surface area (TPSA) is 36.9 Å². The van der Waals surface area contributed by atoms with Crippen LogP contribution in [0, 0.1) is 6.92 Å². The molecule has 0 saturated heterocycles. The molecule has 1 rings (SSSR count). The highest BCUT2D eigenvalue weighted by molar-refractivity contribution is 14.1. The van der Waals surface area contributed by atoms with Gasteiger partial charge in [0.2, 0.25) is 11.5 Å². The van der Waals surface area contributed by atoms with Gasteiger partial charge in [0.15, 0.2) is 11.5 Å². The van der Waals surface area contributed by atoms with Gasteiger partial charge in [-0.1, -0.05) is 22.6 Å². The van der Waals surface area contributed by atoms with Crippen molar-refractivity contribution >= 4 is 22.6 Å². The van der Waals surface area contributed by atoms with Gasteiger partial charge in [0.05, 0.1) is 28.4 Å². The maximum absolute atomic E-state index is 5.56. The van der Waals surface area contributed by atoms with Crippen molar-refractivity contribution in [1.29, 1.82) is 0 Å². The zero-order valence-electron chi connectivity index (χ0n) is 12.8. The SMILES string of the molecule is COc1c(C)c(CCCCI)c(OC)c(OC)c1OC. The Kier molecular flexibility index (Phi) is 7.26. The fourth-order valence-corrected chi connectivity index (χ4v) is 2.89. The molecule has 114 valence electrons. The van der Waals surface area contributed by atoms with E-state index in [1.165, 1.54) is 6.42 Å². The second kappa shape index (κ2) is 8.44. The molecule has 5 heteroatoms. The number of ether oxygens (including phenoxy) is 4. The molecule has 0 heterocycles. The Morgan fingerprint density at radius 1 is 0.750 bits per heavy atom. The molecular formula is C15H23IO4. The molecule has 0 aromatic heterocycles. The lowest BCUT2D eigenvalue weighted by Crippen LogP contribution is -2.05. The molecule has 0 fully saturated rings. The monoisotopic (exact) mass is 394 g/mol. The van der Waals surface area contributed by atoms with Crippen LogP contribution in [0.4, 0.5) is 0 Å². The van der Waals surface area contributed by atoms with Crippen molar-refractivity contribution in [2.45, 2.75) is 26.2 Å². The first-order valence-electron chi connectivity index (χ1n) is 6.57. The number of hydrogen-bond acceptors (Lipinski definition) is 4. The van der Waals surface area contributed by atoms with Crippen molar-refractivity contribution in [2.75, 3.05) is 32.9 Å². The lowest BCUT2D eigenvalue weighted by atomic mass is 9.99. The molecule has 20 heavy (non-hydrogen) atoms. The normalized spacial score (nSPS) is 10.3. The van der Waals surface area contributed by atoms with E-state index in [4.69, 9.17) is 18.9 Å². The molecule has 4 nitrogen and oxygen atoms in total. The highest BCUT2D eigenvalue weighted by Crippen LogP contribution is 2.49. The summed E-state index contributed by atoms with van der Waals surface area (Å²) in [6, 6.07) is 0. The Balaban J connectivity index is 3.40. The van der Waals surface area contributed by atoms with E-state index in [0.29, 0.717) is 11.5 Å². The third kappa shape index (κ3) is 3.42. The maximum atomic E-state index is 5.56. The molecule has 0 radical (unpaired) electrons. The zero-order chi connectivity index (χ0) is 15.1. The van der Waals surface area contributed by atoms with Gasteiger partial charge in [-0.2, -0.15) is 0 Å². The van der Waals surface area contributed by atoms with Crippen molar-refractivity contribution < 1.29 is 18.9 Å². The Labute approximate surface area is 134 Å². The first kappa shape index (κ1) is 17.2. The smallest absolute Gasteiger partial charge is 0.207 e. The van der Waals surface area contributed by atoms with Gasteiger partial charge in [-0.05, 0) is 30.6 Å². The van der Waals surface area contributed by atoms with Gasteiger partial charge in [0, 0.05) is 11.1 Å². The molecule has 0 N–H and O–H groups in total. The molecule has 0 aliphatic carbocycles. The molecule has 0 amide bonds. The number of methoxy groups -OCH3 is 4. The first-order chi connectivity index (χ1) is 9.65.